The summed E-state index contributed by atoms with van der Waals surface area (Å²) in [4.78, 5) is 3.26. The van der Waals surface area contributed by atoms with E-state index in [1.807, 2.05) is 6.20 Å². The molecular weight excluding hydrogens is 236 g/mol. The van der Waals surface area contributed by atoms with Crippen LogP contribution in [0.3, 0.4) is 0 Å². The highest BCUT2D eigenvalue weighted by Gasteiger charge is 2.25. The van der Waals surface area contributed by atoms with E-state index in [2.05, 4.69) is 41.5 Å². The molecule has 1 saturated heterocycles. The summed E-state index contributed by atoms with van der Waals surface area (Å²) in [6, 6.07) is 8.59. The van der Waals surface area contributed by atoms with Gasteiger partial charge in [0.15, 0.2) is 0 Å². The molecule has 0 amide bonds. The second-order valence-electron chi connectivity index (χ2n) is 5.35. The molecule has 0 radical (unpaired) electrons. The Kier molecular flexibility index (Phi) is 3.85. The van der Waals surface area contributed by atoms with E-state index < -0.39 is 0 Å². The van der Waals surface area contributed by atoms with Crippen molar-refractivity contribution in [2.24, 2.45) is 5.92 Å². The molecule has 1 fully saturated rings. The number of nitrogens with one attached hydrogen (secondary N) is 2. The third-order valence-corrected chi connectivity index (χ3v) is 4.16. The number of benzene rings is 1. The predicted molar refractivity (Wildman–Crippen MR) is 78.1 cm³/mol. The molecule has 2 heterocycles. The smallest absolute Gasteiger partial charge is 0.0613 e. The maximum atomic E-state index is 5.73. The van der Waals surface area contributed by atoms with Gasteiger partial charge in [0, 0.05) is 36.8 Å². The molecule has 1 aliphatic heterocycles. The maximum absolute atomic E-state index is 5.73. The third kappa shape index (κ3) is 2.67. The topological polar surface area (TPSA) is 37.0 Å². The van der Waals surface area contributed by atoms with Crippen molar-refractivity contribution in [3.05, 3.63) is 36.0 Å². The zero-order chi connectivity index (χ0) is 13.1. The fraction of sp³-hybridized carbons (Fsp3) is 0.500. The second-order valence-corrected chi connectivity index (χ2v) is 5.35. The van der Waals surface area contributed by atoms with E-state index in [0.717, 1.165) is 26.1 Å². The summed E-state index contributed by atoms with van der Waals surface area (Å²) in [6.45, 7) is 5.13. The highest BCUT2D eigenvalue weighted by molar-refractivity contribution is 5.82. The van der Waals surface area contributed by atoms with Crippen LogP contribution in [-0.4, -0.2) is 24.2 Å². The summed E-state index contributed by atoms with van der Waals surface area (Å²) in [5.74, 6) is 0.676. The SMILES string of the molecule is CCC1OCCC1CNCc1cccc2[nH]ccc12. The molecule has 3 nitrogen and oxygen atoms in total. The van der Waals surface area contributed by atoms with Crippen molar-refractivity contribution >= 4 is 10.9 Å². The van der Waals surface area contributed by atoms with Crippen molar-refractivity contribution in [2.75, 3.05) is 13.2 Å². The van der Waals surface area contributed by atoms with Crippen LogP contribution in [0.1, 0.15) is 25.3 Å². The van der Waals surface area contributed by atoms with Crippen molar-refractivity contribution < 1.29 is 4.74 Å². The van der Waals surface area contributed by atoms with Crippen LogP contribution in [0.5, 0.6) is 0 Å². The quantitative estimate of drug-likeness (QED) is 0.865. The molecule has 0 saturated carbocycles. The van der Waals surface area contributed by atoms with E-state index in [4.69, 9.17) is 4.74 Å². The molecule has 2 unspecified atom stereocenters. The van der Waals surface area contributed by atoms with Crippen LogP contribution in [0.15, 0.2) is 30.5 Å². The Labute approximate surface area is 114 Å². The summed E-state index contributed by atoms with van der Waals surface area (Å²) < 4.78 is 5.73. The lowest BCUT2D eigenvalue weighted by atomic mass is 9.99. The minimum absolute atomic E-state index is 0.454. The van der Waals surface area contributed by atoms with E-state index >= 15 is 0 Å². The zero-order valence-electron chi connectivity index (χ0n) is 11.5. The first-order valence-electron chi connectivity index (χ1n) is 7.25. The minimum atomic E-state index is 0.454. The van der Waals surface area contributed by atoms with E-state index in [0.29, 0.717) is 12.0 Å². The molecule has 1 aromatic heterocycles. The molecular formula is C16H22N2O. The lowest BCUT2D eigenvalue weighted by Gasteiger charge is -2.17. The molecule has 1 aromatic carbocycles. The van der Waals surface area contributed by atoms with Gasteiger partial charge in [-0.25, -0.2) is 0 Å². The van der Waals surface area contributed by atoms with Crippen LogP contribution in [0.4, 0.5) is 0 Å². The van der Waals surface area contributed by atoms with E-state index in [9.17, 15) is 0 Å². The lowest BCUT2D eigenvalue weighted by Crippen LogP contribution is -2.27. The highest BCUT2D eigenvalue weighted by atomic mass is 16.5. The number of ether oxygens (including phenoxy) is 1. The van der Waals surface area contributed by atoms with Crippen LogP contribution < -0.4 is 5.32 Å². The van der Waals surface area contributed by atoms with Crippen molar-refractivity contribution in [3.63, 3.8) is 0 Å². The number of fused-ring (bicyclic) bond motifs is 1. The van der Waals surface area contributed by atoms with Crippen LogP contribution >= 0.6 is 0 Å². The fourth-order valence-electron chi connectivity index (χ4n) is 3.07. The van der Waals surface area contributed by atoms with Crippen molar-refractivity contribution in [3.8, 4) is 0 Å². The fourth-order valence-corrected chi connectivity index (χ4v) is 3.07. The van der Waals surface area contributed by atoms with Crippen LogP contribution in [0.2, 0.25) is 0 Å². The van der Waals surface area contributed by atoms with Gasteiger partial charge in [0.05, 0.1) is 6.10 Å². The Morgan fingerprint density at radius 2 is 2.32 bits per heavy atom. The summed E-state index contributed by atoms with van der Waals surface area (Å²) >= 11 is 0. The number of hydrogen-bond acceptors (Lipinski definition) is 2. The Morgan fingerprint density at radius 3 is 3.21 bits per heavy atom. The number of rotatable bonds is 5. The maximum Gasteiger partial charge on any atom is 0.0613 e. The van der Waals surface area contributed by atoms with Gasteiger partial charge in [-0.15, -0.1) is 0 Å². The van der Waals surface area contributed by atoms with E-state index in [1.54, 1.807) is 0 Å². The largest absolute Gasteiger partial charge is 0.378 e. The Hall–Kier alpha value is -1.32. The molecule has 1 aliphatic rings. The van der Waals surface area contributed by atoms with Gasteiger partial charge in [-0.1, -0.05) is 19.1 Å². The Morgan fingerprint density at radius 1 is 1.37 bits per heavy atom. The van der Waals surface area contributed by atoms with Gasteiger partial charge in [0.2, 0.25) is 0 Å². The normalized spacial score (nSPS) is 23.2. The summed E-state index contributed by atoms with van der Waals surface area (Å²) in [5.41, 5.74) is 2.58. The van der Waals surface area contributed by atoms with Crippen molar-refractivity contribution in [1.82, 2.24) is 10.3 Å². The predicted octanol–water partition coefficient (Wildman–Crippen LogP) is 3.07. The van der Waals surface area contributed by atoms with E-state index in [1.165, 1.54) is 22.9 Å². The Bertz CT molecular complexity index is 534. The molecule has 2 N–H and O–H groups in total. The molecule has 102 valence electrons. The van der Waals surface area contributed by atoms with Crippen molar-refractivity contribution in [1.29, 1.82) is 0 Å². The number of H-pyrrole nitrogens is 1. The molecule has 3 rings (SSSR count). The first-order chi connectivity index (χ1) is 9.38. The van der Waals surface area contributed by atoms with Gasteiger partial charge in [-0.2, -0.15) is 0 Å². The van der Waals surface area contributed by atoms with Gasteiger partial charge < -0.3 is 15.0 Å². The van der Waals surface area contributed by atoms with Gasteiger partial charge >= 0.3 is 0 Å². The second kappa shape index (κ2) is 5.76. The highest BCUT2D eigenvalue weighted by Crippen LogP contribution is 2.23. The molecule has 0 bridgehead atoms. The summed E-state index contributed by atoms with van der Waals surface area (Å²) in [5, 5.41) is 4.92. The van der Waals surface area contributed by atoms with E-state index in [-0.39, 0.29) is 0 Å². The third-order valence-electron chi connectivity index (χ3n) is 4.16. The average Bonchev–Trinajstić information content (AvgIpc) is 3.07. The molecule has 19 heavy (non-hydrogen) atoms. The van der Waals surface area contributed by atoms with Crippen LogP contribution in [0, 0.1) is 5.92 Å². The molecule has 2 aromatic rings. The van der Waals surface area contributed by atoms with Gasteiger partial charge in [-0.05, 0) is 36.5 Å². The molecule has 2 atom stereocenters. The van der Waals surface area contributed by atoms with Gasteiger partial charge in [-0.3, -0.25) is 0 Å². The lowest BCUT2D eigenvalue weighted by molar-refractivity contribution is 0.0872. The first-order valence-corrected chi connectivity index (χ1v) is 7.25. The number of aromatic amines is 1. The average molecular weight is 258 g/mol. The van der Waals surface area contributed by atoms with Crippen LogP contribution in [-0.2, 0) is 11.3 Å². The first kappa shape index (κ1) is 12.7. The minimum Gasteiger partial charge on any atom is -0.378 e. The number of hydrogen-bond donors (Lipinski definition) is 2. The number of aromatic nitrogens is 1. The molecule has 0 aliphatic carbocycles. The molecule has 3 heteroatoms. The molecule has 0 spiro atoms. The van der Waals surface area contributed by atoms with Gasteiger partial charge in [0.1, 0.15) is 0 Å². The van der Waals surface area contributed by atoms with Gasteiger partial charge in [0.25, 0.3) is 0 Å². The van der Waals surface area contributed by atoms with Crippen molar-refractivity contribution in [2.45, 2.75) is 32.4 Å². The standard InChI is InChI=1S/C16H22N2O/c1-2-16-13(7-9-19-16)11-17-10-12-4-3-5-15-14(12)6-8-18-15/h3-6,8,13,16-18H,2,7,9-11H2,1H3. The Balaban J connectivity index is 1.59. The van der Waals surface area contributed by atoms with Crippen LogP contribution in [0.25, 0.3) is 10.9 Å². The summed E-state index contributed by atoms with van der Waals surface area (Å²) in [6.07, 6.45) is 4.78. The monoisotopic (exact) mass is 258 g/mol. The zero-order valence-corrected chi connectivity index (χ0v) is 11.5. The summed E-state index contributed by atoms with van der Waals surface area (Å²) in [7, 11) is 0.